The van der Waals surface area contributed by atoms with Crippen LogP contribution in [-0.2, 0) is 0 Å². The second-order valence-corrected chi connectivity index (χ2v) is 12.1. The van der Waals surface area contributed by atoms with Crippen LogP contribution < -0.4 is 15.5 Å². The Bertz CT molecular complexity index is 2250. The molecule has 5 heteroatoms. The fourth-order valence-corrected chi connectivity index (χ4v) is 7.32. The summed E-state index contributed by atoms with van der Waals surface area (Å²) >= 11 is 0. The van der Waals surface area contributed by atoms with Gasteiger partial charge in [-0.1, -0.05) is 109 Å². The fraction of sp³-hybridized carbons (Fsp3) is 0.0976. The molecule has 0 amide bonds. The third-order valence-electron chi connectivity index (χ3n) is 9.50. The zero-order valence-corrected chi connectivity index (χ0v) is 25.0. The molecule has 5 nitrogen and oxygen atoms in total. The molecule has 0 spiro atoms. The van der Waals surface area contributed by atoms with Crippen molar-refractivity contribution in [2.24, 2.45) is 0 Å². The second-order valence-electron chi connectivity index (χ2n) is 12.1. The molecule has 5 aromatic carbocycles. The Morgan fingerprint density at radius 2 is 1.57 bits per heavy atom. The van der Waals surface area contributed by atoms with Crippen molar-refractivity contribution in [2.45, 2.75) is 24.2 Å². The highest BCUT2D eigenvalue weighted by molar-refractivity contribution is 6.11. The van der Waals surface area contributed by atoms with E-state index in [1.807, 2.05) is 30.3 Å². The van der Waals surface area contributed by atoms with Crippen molar-refractivity contribution in [1.82, 2.24) is 10.6 Å². The summed E-state index contributed by atoms with van der Waals surface area (Å²) in [5.74, 6) is 0.252. The lowest BCUT2D eigenvalue weighted by atomic mass is 9.91. The molecule has 3 aliphatic rings. The maximum atomic E-state index is 9.55. The summed E-state index contributed by atoms with van der Waals surface area (Å²) in [6, 6.07) is 42.4. The van der Waals surface area contributed by atoms with Crippen molar-refractivity contribution in [3.8, 4) is 6.07 Å². The average Bonchev–Trinajstić information content (AvgIpc) is 3.68. The summed E-state index contributed by atoms with van der Waals surface area (Å²) in [6.45, 7) is 0. The summed E-state index contributed by atoms with van der Waals surface area (Å²) in [6.07, 6.45) is 11.0. The monoisotopic (exact) mass is 594 g/mol. The van der Waals surface area contributed by atoms with Crippen LogP contribution in [0.25, 0.3) is 27.6 Å². The van der Waals surface area contributed by atoms with Crippen molar-refractivity contribution >= 4 is 39.0 Å². The number of fused-ring (bicyclic) bond motifs is 7. The number of allylic oxidation sites excluding steroid dienone is 2. The zero-order chi connectivity index (χ0) is 30.6. The van der Waals surface area contributed by atoms with Gasteiger partial charge >= 0.3 is 0 Å². The van der Waals surface area contributed by atoms with Crippen molar-refractivity contribution < 1.29 is 4.42 Å². The molecule has 2 aliphatic heterocycles. The maximum absolute atomic E-state index is 9.55. The van der Waals surface area contributed by atoms with Crippen molar-refractivity contribution in [1.29, 1.82) is 5.26 Å². The van der Waals surface area contributed by atoms with Crippen LogP contribution in [0.4, 0.5) is 11.4 Å². The Morgan fingerprint density at radius 3 is 2.43 bits per heavy atom. The van der Waals surface area contributed by atoms with Crippen LogP contribution >= 0.6 is 0 Å². The number of nitrogens with one attached hydrogen (secondary N) is 2. The topological polar surface area (TPSA) is 64.2 Å². The molecule has 6 aromatic rings. The summed E-state index contributed by atoms with van der Waals surface area (Å²) in [7, 11) is 0. The van der Waals surface area contributed by atoms with Gasteiger partial charge in [-0.3, -0.25) is 5.32 Å². The van der Waals surface area contributed by atoms with Crippen LogP contribution in [0.5, 0.6) is 0 Å². The molecular weight excluding hydrogens is 564 g/mol. The van der Waals surface area contributed by atoms with Gasteiger partial charge in [0.15, 0.2) is 5.58 Å². The van der Waals surface area contributed by atoms with E-state index in [-0.39, 0.29) is 24.2 Å². The van der Waals surface area contributed by atoms with Crippen LogP contribution in [0.1, 0.15) is 45.9 Å². The molecule has 0 bridgehead atoms. The highest BCUT2D eigenvalue weighted by Crippen LogP contribution is 2.52. The summed E-state index contributed by atoms with van der Waals surface area (Å²) in [5, 5.41) is 19.4. The Balaban J connectivity index is 1.10. The van der Waals surface area contributed by atoms with E-state index in [0.717, 1.165) is 50.1 Å². The molecule has 3 heterocycles. The molecule has 0 radical (unpaired) electrons. The van der Waals surface area contributed by atoms with E-state index in [0.29, 0.717) is 5.56 Å². The SMILES string of the molecule is N#Cc1cccc(C2=CC(c3ccccc3)NC(c3ccc(N4c5c(ccc6c5oc5ccccc56)C5C=CC=CC54)cc3)N2)c1. The largest absolute Gasteiger partial charge is 0.454 e. The van der Waals surface area contributed by atoms with Crippen LogP contribution in [-0.4, -0.2) is 6.04 Å². The number of furan rings is 1. The predicted molar refractivity (Wildman–Crippen MR) is 184 cm³/mol. The standard InChI is InChI=1S/C41H30N4O/c42-25-26-9-8-12-29(23-26)36-24-35(27-10-2-1-3-11-27)43-41(44-36)28-17-19-30(20-18-28)45-37-15-6-4-13-31(37)33-21-22-34-32-14-5-7-16-38(32)46-40(34)39(33)45/h1-24,31,35,37,41,43-44H. The number of anilines is 2. The number of hydrogen-bond acceptors (Lipinski definition) is 5. The molecule has 0 saturated heterocycles. The van der Waals surface area contributed by atoms with E-state index < -0.39 is 0 Å². The van der Waals surface area contributed by atoms with Crippen molar-refractivity contribution in [2.75, 3.05) is 4.90 Å². The molecule has 9 rings (SSSR count). The predicted octanol–water partition coefficient (Wildman–Crippen LogP) is 9.16. The smallest absolute Gasteiger partial charge is 0.159 e. The first-order valence-electron chi connectivity index (χ1n) is 15.7. The number of hydrogen-bond donors (Lipinski definition) is 2. The average molecular weight is 595 g/mol. The van der Waals surface area contributed by atoms with Gasteiger partial charge in [-0.15, -0.1) is 0 Å². The summed E-state index contributed by atoms with van der Waals surface area (Å²) < 4.78 is 6.56. The zero-order valence-electron chi connectivity index (χ0n) is 25.0. The Kier molecular flexibility index (Phi) is 6.16. The van der Waals surface area contributed by atoms with E-state index in [2.05, 4.69) is 137 Å². The molecule has 4 atom stereocenters. The van der Waals surface area contributed by atoms with Gasteiger partial charge in [-0.25, -0.2) is 0 Å². The Hall–Kier alpha value is -5.83. The first kappa shape index (κ1) is 26.6. The van der Waals surface area contributed by atoms with Gasteiger partial charge in [-0.2, -0.15) is 5.26 Å². The normalized spacial score (nSPS) is 21.5. The Morgan fingerprint density at radius 1 is 0.739 bits per heavy atom. The Labute approximate surface area is 267 Å². The van der Waals surface area contributed by atoms with Gasteiger partial charge in [0.1, 0.15) is 11.7 Å². The lowest BCUT2D eigenvalue weighted by Crippen LogP contribution is -2.39. The van der Waals surface area contributed by atoms with Gasteiger partial charge in [0.05, 0.1) is 29.4 Å². The van der Waals surface area contributed by atoms with Gasteiger partial charge in [0, 0.05) is 28.1 Å². The fourth-order valence-electron chi connectivity index (χ4n) is 7.32. The minimum atomic E-state index is -0.136. The number of benzene rings is 5. The molecule has 220 valence electrons. The van der Waals surface area contributed by atoms with Gasteiger partial charge in [-0.05, 0) is 58.7 Å². The highest BCUT2D eigenvalue weighted by atomic mass is 16.3. The molecule has 46 heavy (non-hydrogen) atoms. The summed E-state index contributed by atoms with van der Waals surface area (Å²) in [5.41, 5.74) is 10.4. The van der Waals surface area contributed by atoms with E-state index in [9.17, 15) is 5.26 Å². The first-order valence-corrected chi connectivity index (χ1v) is 15.7. The van der Waals surface area contributed by atoms with E-state index in [4.69, 9.17) is 4.42 Å². The second kappa shape index (κ2) is 10.7. The third-order valence-corrected chi connectivity index (χ3v) is 9.50. The number of nitriles is 1. The van der Waals surface area contributed by atoms with Crippen LogP contribution in [0.2, 0.25) is 0 Å². The third kappa shape index (κ3) is 4.27. The minimum Gasteiger partial charge on any atom is -0.454 e. The number of rotatable bonds is 4. The van der Waals surface area contributed by atoms with E-state index in [1.54, 1.807) is 0 Å². The van der Waals surface area contributed by atoms with Gasteiger partial charge in [0.2, 0.25) is 0 Å². The van der Waals surface area contributed by atoms with E-state index in [1.165, 1.54) is 11.1 Å². The lowest BCUT2D eigenvalue weighted by Gasteiger charge is -2.34. The van der Waals surface area contributed by atoms with E-state index >= 15 is 0 Å². The maximum Gasteiger partial charge on any atom is 0.159 e. The van der Waals surface area contributed by atoms with Crippen LogP contribution in [0, 0.1) is 11.3 Å². The molecule has 2 N–H and O–H groups in total. The summed E-state index contributed by atoms with van der Waals surface area (Å²) in [4.78, 5) is 2.45. The molecule has 1 aliphatic carbocycles. The molecular formula is C41H30N4O. The lowest BCUT2D eigenvalue weighted by molar-refractivity contribution is 0.442. The van der Waals surface area contributed by atoms with Crippen LogP contribution in [0.3, 0.4) is 0 Å². The molecule has 1 aromatic heterocycles. The molecule has 0 saturated carbocycles. The number of nitrogens with zero attached hydrogens (tertiary/aromatic N) is 2. The molecule has 0 fully saturated rings. The molecule has 4 unspecified atom stereocenters. The number of para-hydroxylation sites is 1. The van der Waals surface area contributed by atoms with Crippen molar-refractivity contribution in [3.63, 3.8) is 0 Å². The van der Waals surface area contributed by atoms with Crippen LogP contribution in [0.15, 0.2) is 150 Å². The van der Waals surface area contributed by atoms with Crippen molar-refractivity contribution in [3.05, 3.63) is 173 Å². The minimum absolute atomic E-state index is 0.000354. The first-order chi connectivity index (χ1) is 22.7. The van der Waals surface area contributed by atoms with Gasteiger partial charge < -0.3 is 14.6 Å². The quantitative estimate of drug-likeness (QED) is 0.213. The van der Waals surface area contributed by atoms with Gasteiger partial charge in [0.25, 0.3) is 0 Å². The highest BCUT2D eigenvalue weighted by Gasteiger charge is 2.40.